The van der Waals surface area contributed by atoms with Crippen molar-refractivity contribution in [1.29, 1.82) is 0 Å². The Bertz CT molecular complexity index is 203. The zero-order valence-electron chi connectivity index (χ0n) is 5.51. The molecule has 0 saturated heterocycles. The fourth-order valence-electron chi connectivity index (χ4n) is 0.701. The van der Waals surface area contributed by atoms with Crippen LogP contribution in [0.4, 0.5) is 0 Å². The minimum atomic E-state index is 0. The van der Waals surface area contributed by atoms with Gasteiger partial charge in [0.15, 0.2) is 0 Å². The van der Waals surface area contributed by atoms with Gasteiger partial charge >= 0.3 is 69.8 Å². The van der Waals surface area contributed by atoms with Crippen molar-refractivity contribution in [1.82, 2.24) is 0 Å². The van der Waals surface area contributed by atoms with Gasteiger partial charge in [-0.05, 0) is 0 Å². The Morgan fingerprint density at radius 3 is 2.30 bits per heavy atom. The Balaban J connectivity index is 0.000000810. The van der Waals surface area contributed by atoms with E-state index in [4.69, 9.17) is 11.6 Å². The van der Waals surface area contributed by atoms with Crippen LogP contribution in [0.1, 0.15) is 5.56 Å². The van der Waals surface area contributed by atoms with Crippen molar-refractivity contribution in [3.63, 3.8) is 0 Å². The van der Waals surface area contributed by atoms with Gasteiger partial charge in [-0.1, -0.05) is 0 Å². The summed E-state index contributed by atoms with van der Waals surface area (Å²) in [5.41, 5.74) is 1.28. The van der Waals surface area contributed by atoms with Gasteiger partial charge in [-0.2, -0.15) is 0 Å². The van der Waals surface area contributed by atoms with E-state index < -0.39 is 0 Å². The van der Waals surface area contributed by atoms with Gasteiger partial charge in [0.2, 0.25) is 0 Å². The van der Waals surface area contributed by atoms with Crippen molar-refractivity contribution in [3.05, 3.63) is 34.9 Å². The first kappa shape index (κ1) is 10.6. The molecule has 0 heterocycles. The molecule has 0 unspecified atom stereocenters. The maximum absolute atomic E-state index is 5.84. The molecular formula is C7H7BrClZn. The Labute approximate surface area is 86.4 Å². The first-order chi connectivity index (χ1) is 4.34. The predicted octanol–water partition coefficient (Wildman–Crippen LogP) is 2.96. The van der Waals surface area contributed by atoms with E-state index in [1.807, 2.05) is 18.2 Å². The molecule has 1 aromatic rings. The molecule has 0 N–H and O–H groups in total. The first-order valence-electron chi connectivity index (χ1n) is 2.87. The molecular weight excluding hydrogens is 265 g/mol. The van der Waals surface area contributed by atoms with Crippen LogP contribution in [0.3, 0.4) is 0 Å². The summed E-state index contributed by atoms with van der Waals surface area (Å²) in [7, 11) is 0. The van der Waals surface area contributed by atoms with E-state index in [2.05, 4.69) is 6.07 Å². The molecule has 0 bridgehead atoms. The fraction of sp³-hybridized carbons (Fsp3) is 0.143. The van der Waals surface area contributed by atoms with Gasteiger partial charge in [-0.3, -0.25) is 0 Å². The van der Waals surface area contributed by atoms with Crippen LogP contribution < -0.4 is 0 Å². The number of hydrogen-bond donors (Lipinski definition) is 0. The molecule has 1 rings (SSSR count). The summed E-state index contributed by atoms with van der Waals surface area (Å²) in [6.07, 6.45) is 0. The summed E-state index contributed by atoms with van der Waals surface area (Å²) in [5.74, 6) is 0. The van der Waals surface area contributed by atoms with Crippen LogP contribution in [0, 0.1) is 0 Å². The van der Waals surface area contributed by atoms with Crippen molar-refractivity contribution < 1.29 is 18.3 Å². The van der Waals surface area contributed by atoms with Gasteiger partial charge in [0.05, 0.1) is 0 Å². The summed E-state index contributed by atoms with van der Waals surface area (Å²) in [4.78, 5) is 0. The average molecular weight is 272 g/mol. The topological polar surface area (TPSA) is 0 Å². The number of hydrogen-bond acceptors (Lipinski definition) is 0. The zero-order valence-corrected chi connectivity index (χ0v) is 10.9. The molecule has 0 amide bonds. The average Bonchev–Trinajstić information content (AvgIpc) is 1.89. The van der Waals surface area contributed by atoms with Crippen LogP contribution >= 0.6 is 28.6 Å². The van der Waals surface area contributed by atoms with Crippen LogP contribution in [-0.4, -0.2) is 0 Å². The molecule has 0 aromatic heterocycles. The van der Waals surface area contributed by atoms with Gasteiger partial charge in [0, 0.05) is 0 Å². The van der Waals surface area contributed by atoms with Crippen LogP contribution in [0.15, 0.2) is 24.3 Å². The molecule has 10 heavy (non-hydrogen) atoms. The zero-order chi connectivity index (χ0) is 6.69. The van der Waals surface area contributed by atoms with E-state index in [0.29, 0.717) is 0 Å². The van der Waals surface area contributed by atoms with Crippen molar-refractivity contribution in [2.24, 2.45) is 0 Å². The normalized spacial score (nSPS) is 8.70. The van der Waals surface area contributed by atoms with E-state index in [-0.39, 0.29) is 17.0 Å². The van der Waals surface area contributed by atoms with Gasteiger partial charge in [0.25, 0.3) is 0 Å². The molecule has 0 spiro atoms. The molecule has 0 atom stereocenters. The third-order valence-corrected chi connectivity index (χ3v) is 2.73. The second-order valence-corrected chi connectivity index (χ2v) is 3.30. The van der Waals surface area contributed by atoms with Gasteiger partial charge < -0.3 is 0 Å². The SMILES string of the molecule is Br.Clc1ccccc1[CH2][Zn]. The second kappa shape index (κ2) is 5.29. The molecule has 0 aliphatic rings. The van der Waals surface area contributed by atoms with E-state index in [0.717, 1.165) is 10.0 Å². The first-order valence-corrected chi connectivity index (χ1v) is 5.35. The predicted molar refractivity (Wildman–Crippen MR) is 45.5 cm³/mol. The summed E-state index contributed by atoms with van der Waals surface area (Å²) < 4.78 is 0. The van der Waals surface area contributed by atoms with Gasteiger partial charge in [-0.25, -0.2) is 0 Å². The third-order valence-electron chi connectivity index (χ3n) is 1.23. The van der Waals surface area contributed by atoms with Crippen molar-refractivity contribution in [2.75, 3.05) is 0 Å². The molecule has 0 fully saturated rings. The number of rotatable bonds is 1. The molecule has 0 aliphatic heterocycles. The Morgan fingerprint density at radius 1 is 1.30 bits per heavy atom. The fourth-order valence-corrected chi connectivity index (χ4v) is 2.18. The molecule has 51 valence electrons. The third kappa shape index (κ3) is 2.69. The van der Waals surface area contributed by atoms with E-state index >= 15 is 0 Å². The second-order valence-electron chi connectivity index (χ2n) is 1.84. The maximum atomic E-state index is 5.84. The van der Waals surface area contributed by atoms with Crippen molar-refractivity contribution in [3.8, 4) is 0 Å². The molecule has 0 saturated carbocycles. The Hall–Kier alpha value is 0.613. The summed E-state index contributed by atoms with van der Waals surface area (Å²) in [6, 6.07) is 8.00. The Kier molecular flexibility index (Phi) is 5.61. The standard InChI is InChI=1S/C7H6Cl.BrH.Zn/c1-6-4-2-3-5-7(6)8;;/h2-5H,1H2;1H;. The Morgan fingerprint density at radius 2 is 1.90 bits per heavy atom. The van der Waals surface area contributed by atoms with E-state index in [1.165, 1.54) is 23.9 Å². The number of benzene rings is 1. The van der Waals surface area contributed by atoms with Crippen LogP contribution in [0.2, 0.25) is 5.02 Å². The summed E-state index contributed by atoms with van der Waals surface area (Å²) in [6.45, 7) is 0. The number of halogens is 2. The van der Waals surface area contributed by atoms with Crippen LogP contribution in [0.25, 0.3) is 0 Å². The molecule has 3 heteroatoms. The molecule has 0 aliphatic carbocycles. The van der Waals surface area contributed by atoms with Crippen LogP contribution in [0.5, 0.6) is 0 Å². The molecule has 0 radical (unpaired) electrons. The molecule has 0 nitrogen and oxygen atoms in total. The molecule has 1 aromatic carbocycles. The summed E-state index contributed by atoms with van der Waals surface area (Å²) >= 11 is 7.13. The van der Waals surface area contributed by atoms with Crippen LogP contribution in [-0.2, 0) is 23.3 Å². The van der Waals surface area contributed by atoms with Gasteiger partial charge in [-0.15, -0.1) is 17.0 Å². The minimum absolute atomic E-state index is 0. The monoisotopic (exact) mass is 269 g/mol. The summed E-state index contributed by atoms with van der Waals surface area (Å²) in [5, 5.41) is 2.04. The van der Waals surface area contributed by atoms with E-state index in [9.17, 15) is 0 Å². The van der Waals surface area contributed by atoms with Gasteiger partial charge in [0.1, 0.15) is 0 Å². The van der Waals surface area contributed by atoms with E-state index in [1.54, 1.807) is 0 Å². The quantitative estimate of drug-likeness (QED) is 0.689. The van der Waals surface area contributed by atoms with Crippen molar-refractivity contribution >= 4 is 28.6 Å². The van der Waals surface area contributed by atoms with Crippen molar-refractivity contribution in [2.45, 2.75) is 5.02 Å².